The van der Waals surface area contributed by atoms with E-state index in [4.69, 9.17) is 27.9 Å². The Labute approximate surface area is 256 Å². The quantitative estimate of drug-likeness (QED) is 0.189. The van der Waals surface area contributed by atoms with Gasteiger partial charge >= 0.3 is 29.6 Å². The summed E-state index contributed by atoms with van der Waals surface area (Å²) in [7, 11) is -4.49. The van der Waals surface area contributed by atoms with Crippen LogP contribution in [0.25, 0.3) is 10.8 Å². The third-order valence-corrected chi connectivity index (χ3v) is 7.35. The zero-order valence-electron chi connectivity index (χ0n) is 21.0. The first-order valence-electron chi connectivity index (χ1n) is 11.2. The fraction of sp³-hybridized carbons (Fsp3) is 0.115. The smallest absolute Gasteiger partial charge is 0.870 e. The van der Waals surface area contributed by atoms with Gasteiger partial charge in [0, 0.05) is 10.9 Å². The van der Waals surface area contributed by atoms with Crippen molar-refractivity contribution < 1.29 is 57.2 Å². The molecule has 13 heteroatoms. The number of nitrogens with one attached hydrogen (secondary N) is 1. The van der Waals surface area contributed by atoms with Crippen molar-refractivity contribution in [1.29, 1.82) is 0 Å². The SMILES string of the molecule is CCOc1c(Cl)cccc1NC(=O)c1cc2ccccc2c(N=Nc2ccc(S(=O)(=O)O)c(C)c2Cl)c1[O-].[Na+]. The molecule has 0 spiro atoms. The molecule has 4 aromatic carbocycles. The number of carbonyl (C=O) groups excluding carboxylic acids is 1. The average molecular weight is 596 g/mol. The molecule has 0 saturated heterocycles. The Morgan fingerprint density at radius 3 is 2.49 bits per heavy atom. The van der Waals surface area contributed by atoms with Crippen LogP contribution in [-0.4, -0.2) is 25.5 Å². The van der Waals surface area contributed by atoms with Gasteiger partial charge in [-0.1, -0.05) is 59.3 Å². The first kappa shape index (κ1) is 30.8. The van der Waals surface area contributed by atoms with Gasteiger partial charge in [-0.05, 0) is 55.1 Å². The molecule has 4 aromatic rings. The Hall–Kier alpha value is -2.70. The van der Waals surface area contributed by atoms with Gasteiger partial charge in [-0.15, -0.1) is 5.11 Å². The van der Waals surface area contributed by atoms with Crippen LogP contribution in [0.3, 0.4) is 0 Å². The first-order valence-corrected chi connectivity index (χ1v) is 13.4. The van der Waals surface area contributed by atoms with Crippen molar-refractivity contribution in [3.8, 4) is 11.5 Å². The Kier molecular flexibility index (Phi) is 10.0. The minimum absolute atomic E-state index is 0. The molecule has 0 aromatic heterocycles. The maximum atomic E-state index is 13.4. The zero-order valence-corrected chi connectivity index (χ0v) is 25.4. The number of rotatable bonds is 7. The predicted octanol–water partition coefficient (Wildman–Crippen LogP) is 3.85. The molecular formula is C26H20Cl2N3NaO6S. The van der Waals surface area contributed by atoms with Crippen LogP contribution in [0, 0.1) is 6.92 Å². The molecule has 0 aliphatic carbocycles. The summed E-state index contributed by atoms with van der Waals surface area (Å²) in [4.78, 5) is 12.8. The second-order valence-electron chi connectivity index (χ2n) is 8.02. The third-order valence-electron chi connectivity index (χ3n) is 5.58. The molecule has 2 N–H and O–H groups in total. The van der Waals surface area contributed by atoms with Crippen molar-refractivity contribution in [2.24, 2.45) is 10.2 Å². The van der Waals surface area contributed by atoms with Gasteiger partial charge in [0.2, 0.25) is 0 Å². The average Bonchev–Trinajstić information content (AvgIpc) is 2.86. The van der Waals surface area contributed by atoms with Gasteiger partial charge in [-0.2, -0.15) is 13.5 Å². The zero-order chi connectivity index (χ0) is 27.6. The Bertz CT molecular complexity index is 1710. The van der Waals surface area contributed by atoms with Crippen molar-refractivity contribution in [1.82, 2.24) is 0 Å². The Morgan fingerprint density at radius 1 is 1.08 bits per heavy atom. The maximum Gasteiger partial charge on any atom is 1.00 e. The number of fused-ring (bicyclic) bond motifs is 1. The number of azo groups is 1. The summed E-state index contributed by atoms with van der Waals surface area (Å²) in [6.45, 7) is 3.48. The van der Waals surface area contributed by atoms with Crippen LogP contribution in [0.1, 0.15) is 22.8 Å². The molecule has 0 bridgehead atoms. The number of hydrogen-bond acceptors (Lipinski definition) is 7. The molecule has 0 aliphatic heterocycles. The first-order chi connectivity index (χ1) is 18.0. The minimum Gasteiger partial charge on any atom is -0.870 e. The summed E-state index contributed by atoms with van der Waals surface area (Å²) >= 11 is 12.5. The summed E-state index contributed by atoms with van der Waals surface area (Å²) in [6, 6.07) is 15.5. The van der Waals surface area contributed by atoms with Gasteiger partial charge in [0.05, 0.1) is 32.9 Å². The molecule has 0 radical (unpaired) electrons. The summed E-state index contributed by atoms with van der Waals surface area (Å²) < 4.78 is 38.0. The normalized spacial score (nSPS) is 11.4. The van der Waals surface area contributed by atoms with E-state index in [1.54, 1.807) is 49.4 Å². The van der Waals surface area contributed by atoms with E-state index < -0.39 is 21.8 Å². The van der Waals surface area contributed by atoms with Gasteiger partial charge in [-0.25, -0.2) is 0 Å². The predicted molar refractivity (Wildman–Crippen MR) is 144 cm³/mol. The molecular weight excluding hydrogens is 576 g/mol. The van der Waals surface area contributed by atoms with Crippen LogP contribution in [0.4, 0.5) is 17.1 Å². The van der Waals surface area contributed by atoms with Crippen LogP contribution in [0.15, 0.2) is 75.8 Å². The minimum atomic E-state index is -4.49. The molecule has 0 fully saturated rings. The van der Waals surface area contributed by atoms with E-state index in [9.17, 15) is 22.9 Å². The fourth-order valence-electron chi connectivity index (χ4n) is 3.78. The van der Waals surface area contributed by atoms with E-state index >= 15 is 0 Å². The number of para-hydroxylation sites is 1. The Balaban J connectivity index is 0.00000420. The molecule has 0 saturated carbocycles. The fourth-order valence-corrected chi connectivity index (χ4v) is 5.00. The number of ether oxygens (including phenoxy) is 1. The van der Waals surface area contributed by atoms with Crippen molar-refractivity contribution in [2.45, 2.75) is 18.7 Å². The summed E-state index contributed by atoms with van der Waals surface area (Å²) in [5.41, 5.74) is 0.120. The van der Waals surface area contributed by atoms with Gasteiger partial charge < -0.3 is 15.2 Å². The number of carbonyl (C=O) groups is 1. The molecule has 0 unspecified atom stereocenters. The van der Waals surface area contributed by atoms with E-state index in [2.05, 4.69) is 15.5 Å². The standard InChI is InChI=1S/C26H21Cl2N3O6S.Na/c1-3-37-25-18(27)9-6-10-20(25)29-26(33)17-13-15-7-4-5-8-16(15)23(24(17)32)31-30-19-11-12-21(38(34,35)36)14(2)22(19)28;/h4-13,32H,3H2,1-2H3,(H,29,33)(H,34,35,36);/q;+1/p-1. The molecule has 4 rings (SSSR count). The van der Waals surface area contributed by atoms with Gasteiger partial charge in [0.1, 0.15) is 5.69 Å². The van der Waals surface area contributed by atoms with Gasteiger partial charge in [0.25, 0.3) is 16.0 Å². The summed E-state index contributed by atoms with van der Waals surface area (Å²) in [5.74, 6) is -1.12. The second kappa shape index (κ2) is 12.6. The third kappa shape index (κ3) is 6.55. The van der Waals surface area contributed by atoms with E-state index in [-0.39, 0.29) is 67.7 Å². The number of nitrogens with zero attached hydrogens (tertiary/aromatic N) is 2. The number of benzene rings is 4. The van der Waals surface area contributed by atoms with Crippen LogP contribution in [0.5, 0.6) is 11.5 Å². The van der Waals surface area contributed by atoms with Crippen LogP contribution in [-0.2, 0) is 10.1 Å². The molecule has 196 valence electrons. The van der Waals surface area contributed by atoms with Gasteiger partial charge in [0.15, 0.2) is 5.75 Å². The van der Waals surface area contributed by atoms with Gasteiger partial charge in [-0.3, -0.25) is 9.35 Å². The molecule has 1 amide bonds. The number of halogens is 2. The second-order valence-corrected chi connectivity index (χ2v) is 10.2. The van der Waals surface area contributed by atoms with Crippen molar-refractivity contribution in [2.75, 3.05) is 11.9 Å². The van der Waals surface area contributed by atoms with Crippen molar-refractivity contribution >= 4 is 67.1 Å². The maximum absolute atomic E-state index is 13.4. The monoisotopic (exact) mass is 595 g/mol. The number of anilines is 1. The molecule has 0 atom stereocenters. The van der Waals surface area contributed by atoms with E-state index in [0.717, 1.165) is 6.07 Å². The summed E-state index contributed by atoms with van der Waals surface area (Å²) in [6.07, 6.45) is 0. The van der Waals surface area contributed by atoms with E-state index in [0.29, 0.717) is 28.1 Å². The molecule has 39 heavy (non-hydrogen) atoms. The van der Waals surface area contributed by atoms with Crippen molar-refractivity contribution in [3.05, 3.63) is 81.8 Å². The Morgan fingerprint density at radius 2 is 1.79 bits per heavy atom. The number of hydrogen-bond donors (Lipinski definition) is 2. The number of amides is 1. The van der Waals surface area contributed by atoms with Crippen LogP contribution in [0.2, 0.25) is 10.0 Å². The van der Waals surface area contributed by atoms with Crippen LogP contribution >= 0.6 is 23.2 Å². The molecule has 0 heterocycles. The van der Waals surface area contributed by atoms with E-state index in [1.165, 1.54) is 19.1 Å². The molecule has 0 aliphatic rings. The summed E-state index contributed by atoms with van der Waals surface area (Å²) in [5, 5.41) is 25.5. The van der Waals surface area contributed by atoms with Crippen LogP contribution < -0.4 is 44.7 Å². The molecule has 9 nitrogen and oxygen atoms in total. The topological polar surface area (TPSA) is 140 Å². The van der Waals surface area contributed by atoms with Crippen molar-refractivity contribution in [3.63, 3.8) is 0 Å². The largest absolute Gasteiger partial charge is 1.00 e. The van der Waals surface area contributed by atoms with E-state index in [1.807, 2.05) is 0 Å².